The number of aliphatic carboxylic acids is 1. The third kappa shape index (κ3) is 3.71. The Labute approximate surface area is 134 Å². The lowest BCUT2D eigenvalue weighted by atomic mass is 10.0. The van der Waals surface area contributed by atoms with Crippen molar-refractivity contribution in [3.05, 3.63) is 66.1 Å². The first kappa shape index (κ1) is 15.1. The van der Waals surface area contributed by atoms with Crippen molar-refractivity contribution in [1.29, 1.82) is 0 Å². The number of carboxylic acid groups (broad SMARTS) is 1. The Hall–Kier alpha value is -2.76. The minimum absolute atomic E-state index is 0.0696. The van der Waals surface area contributed by atoms with E-state index in [0.29, 0.717) is 12.8 Å². The lowest BCUT2D eigenvalue weighted by Gasteiger charge is -2.21. The fraction of sp³-hybridized carbons (Fsp3) is 0.294. The smallest absolute Gasteiger partial charge is 0.303 e. The number of rotatable bonds is 7. The van der Waals surface area contributed by atoms with Gasteiger partial charge in [0.2, 0.25) is 6.79 Å². The molecule has 0 radical (unpaired) electrons. The number of allylic oxidation sites excluding steroid dienone is 1. The van der Waals surface area contributed by atoms with Crippen molar-refractivity contribution in [2.24, 2.45) is 0 Å². The first-order valence-corrected chi connectivity index (χ1v) is 7.45. The molecule has 0 bridgehead atoms. The van der Waals surface area contributed by atoms with Gasteiger partial charge in [-0.3, -0.25) is 4.79 Å². The molecule has 0 amide bonds. The molecule has 1 aromatic carbocycles. The number of hydrogen-bond acceptors (Lipinski definition) is 4. The minimum atomic E-state index is -0.822. The van der Waals surface area contributed by atoms with Crippen LogP contribution in [0.15, 0.2) is 54.9 Å². The summed E-state index contributed by atoms with van der Waals surface area (Å²) in [7, 11) is 0. The highest BCUT2D eigenvalue weighted by atomic mass is 16.7. The van der Waals surface area contributed by atoms with Gasteiger partial charge in [-0.15, -0.1) is 0 Å². The predicted molar refractivity (Wildman–Crippen MR) is 82.5 cm³/mol. The molecule has 3 rings (SSSR count). The number of nitrogens with zero attached hydrogens (tertiary/aromatic N) is 2. The maximum Gasteiger partial charge on any atom is 0.303 e. The van der Waals surface area contributed by atoms with Crippen LogP contribution in [0.3, 0.4) is 0 Å². The summed E-state index contributed by atoms with van der Waals surface area (Å²) in [5.74, 6) is -0.0968. The third-order valence-electron chi connectivity index (χ3n) is 3.77. The number of carbonyl (C=O) groups is 1. The molecule has 0 spiro atoms. The SMILES string of the molecule is O=C(O)CCc1cncn1C(Cc1ccccc1)C1=COCO1. The summed E-state index contributed by atoms with van der Waals surface area (Å²) in [5.41, 5.74) is 2.02. The maximum atomic E-state index is 10.8. The fourth-order valence-corrected chi connectivity index (χ4v) is 2.64. The second-order valence-electron chi connectivity index (χ2n) is 5.34. The van der Waals surface area contributed by atoms with Gasteiger partial charge in [0.15, 0.2) is 5.76 Å². The van der Waals surface area contributed by atoms with Crippen LogP contribution >= 0.6 is 0 Å². The van der Waals surface area contributed by atoms with Gasteiger partial charge in [-0.05, 0) is 12.0 Å². The monoisotopic (exact) mass is 314 g/mol. The van der Waals surface area contributed by atoms with Crippen molar-refractivity contribution in [2.45, 2.75) is 25.3 Å². The molecular formula is C17H18N2O4. The Balaban J connectivity index is 1.86. The largest absolute Gasteiger partial charge is 0.481 e. The van der Waals surface area contributed by atoms with E-state index in [1.54, 1.807) is 18.8 Å². The van der Waals surface area contributed by atoms with E-state index in [1.807, 2.05) is 22.8 Å². The van der Waals surface area contributed by atoms with Crippen LogP contribution in [-0.2, 0) is 27.1 Å². The van der Waals surface area contributed by atoms with Gasteiger partial charge < -0.3 is 19.1 Å². The number of carboxylic acids is 1. The summed E-state index contributed by atoms with van der Waals surface area (Å²) < 4.78 is 12.7. The standard InChI is InChI=1S/C17H18N2O4/c20-17(21)7-6-14-9-18-11-19(14)15(16-10-22-12-23-16)8-13-4-2-1-3-5-13/h1-5,9-11,15H,6-8,12H2,(H,20,21). The van der Waals surface area contributed by atoms with Crippen molar-refractivity contribution in [1.82, 2.24) is 9.55 Å². The Morgan fingerprint density at radius 2 is 2.17 bits per heavy atom. The van der Waals surface area contributed by atoms with Crippen LogP contribution in [0.2, 0.25) is 0 Å². The van der Waals surface area contributed by atoms with E-state index in [1.165, 1.54) is 0 Å². The second kappa shape index (κ2) is 7.00. The number of imidazole rings is 1. The average Bonchev–Trinajstić information content (AvgIpc) is 3.23. The average molecular weight is 314 g/mol. The molecule has 1 aromatic heterocycles. The lowest BCUT2D eigenvalue weighted by Crippen LogP contribution is -2.17. The second-order valence-corrected chi connectivity index (χ2v) is 5.34. The third-order valence-corrected chi connectivity index (χ3v) is 3.77. The summed E-state index contributed by atoms with van der Waals surface area (Å²) >= 11 is 0. The highest BCUT2D eigenvalue weighted by Gasteiger charge is 2.24. The van der Waals surface area contributed by atoms with E-state index >= 15 is 0 Å². The van der Waals surface area contributed by atoms with Crippen LogP contribution in [-0.4, -0.2) is 27.4 Å². The molecule has 0 fully saturated rings. The van der Waals surface area contributed by atoms with Crippen molar-refractivity contribution < 1.29 is 19.4 Å². The summed E-state index contributed by atoms with van der Waals surface area (Å²) in [4.78, 5) is 15.0. The molecule has 1 unspecified atom stereocenters. The molecule has 120 valence electrons. The molecule has 1 atom stereocenters. The van der Waals surface area contributed by atoms with Gasteiger partial charge in [-0.2, -0.15) is 0 Å². The summed E-state index contributed by atoms with van der Waals surface area (Å²) in [6.07, 6.45) is 6.25. The van der Waals surface area contributed by atoms with E-state index in [2.05, 4.69) is 17.1 Å². The molecule has 0 aliphatic carbocycles. The molecule has 23 heavy (non-hydrogen) atoms. The molecule has 0 saturated carbocycles. The zero-order valence-electron chi connectivity index (χ0n) is 12.6. The topological polar surface area (TPSA) is 73.6 Å². The molecule has 2 aromatic rings. The zero-order chi connectivity index (χ0) is 16.1. The van der Waals surface area contributed by atoms with Crippen LogP contribution in [0, 0.1) is 0 Å². The highest BCUT2D eigenvalue weighted by Crippen LogP contribution is 2.28. The Kier molecular flexibility index (Phi) is 4.61. The summed E-state index contributed by atoms with van der Waals surface area (Å²) in [6, 6.07) is 9.96. The Bertz CT molecular complexity index is 694. The number of benzene rings is 1. The first-order chi connectivity index (χ1) is 11.2. The number of ether oxygens (including phenoxy) is 2. The van der Waals surface area contributed by atoms with E-state index < -0.39 is 5.97 Å². The minimum Gasteiger partial charge on any atom is -0.481 e. The number of aromatic nitrogens is 2. The van der Waals surface area contributed by atoms with Crippen LogP contribution in [0.5, 0.6) is 0 Å². The van der Waals surface area contributed by atoms with Crippen molar-refractivity contribution in [2.75, 3.05) is 6.79 Å². The van der Waals surface area contributed by atoms with Crippen LogP contribution in [0.25, 0.3) is 0 Å². The normalized spacial score (nSPS) is 14.7. The van der Waals surface area contributed by atoms with Crippen molar-refractivity contribution in [3.8, 4) is 0 Å². The zero-order valence-corrected chi connectivity index (χ0v) is 12.6. The van der Waals surface area contributed by atoms with E-state index in [0.717, 1.165) is 17.0 Å². The number of aryl methyl sites for hydroxylation is 1. The van der Waals surface area contributed by atoms with E-state index in [4.69, 9.17) is 14.6 Å². The molecule has 1 N–H and O–H groups in total. The van der Waals surface area contributed by atoms with Gasteiger partial charge in [0.05, 0.1) is 18.8 Å². The van der Waals surface area contributed by atoms with Gasteiger partial charge in [-0.25, -0.2) is 4.98 Å². The van der Waals surface area contributed by atoms with Crippen LogP contribution in [0.4, 0.5) is 0 Å². The molecule has 2 heterocycles. The summed E-state index contributed by atoms with van der Waals surface area (Å²) in [6.45, 7) is 0.208. The maximum absolute atomic E-state index is 10.8. The molecule has 6 nitrogen and oxygen atoms in total. The van der Waals surface area contributed by atoms with Gasteiger partial charge in [0, 0.05) is 18.3 Å². The Morgan fingerprint density at radius 1 is 1.35 bits per heavy atom. The van der Waals surface area contributed by atoms with Gasteiger partial charge >= 0.3 is 5.97 Å². The summed E-state index contributed by atoms with van der Waals surface area (Å²) in [5, 5.41) is 8.90. The van der Waals surface area contributed by atoms with Crippen LogP contribution < -0.4 is 0 Å². The lowest BCUT2D eigenvalue weighted by molar-refractivity contribution is -0.136. The van der Waals surface area contributed by atoms with Gasteiger partial charge in [0.1, 0.15) is 6.26 Å². The van der Waals surface area contributed by atoms with E-state index in [-0.39, 0.29) is 19.3 Å². The van der Waals surface area contributed by atoms with Crippen molar-refractivity contribution in [3.63, 3.8) is 0 Å². The molecular weight excluding hydrogens is 296 g/mol. The predicted octanol–water partition coefficient (Wildman–Crippen LogP) is 2.53. The highest BCUT2D eigenvalue weighted by molar-refractivity contribution is 5.66. The van der Waals surface area contributed by atoms with Crippen molar-refractivity contribution >= 4 is 5.97 Å². The quantitative estimate of drug-likeness (QED) is 0.850. The van der Waals surface area contributed by atoms with Gasteiger partial charge in [0.25, 0.3) is 0 Å². The van der Waals surface area contributed by atoms with Gasteiger partial charge in [-0.1, -0.05) is 30.3 Å². The molecule has 0 saturated heterocycles. The Morgan fingerprint density at radius 3 is 2.87 bits per heavy atom. The van der Waals surface area contributed by atoms with E-state index in [9.17, 15) is 4.79 Å². The first-order valence-electron chi connectivity index (χ1n) is 7.45. The van der Waals surface area contributed by atoms with Crippen LogP contribution in [0.1, 0.15) is 23.7 Å². The number of hydrogen-bond donors (Lipinski definition) is 1. The fourth-order valence-electron chi connectivity index (χ4n) is 2.64. The molecule has 1 aliphatic rings. The molecule has 6 heteroatoms. The molecule has 1 aliphatic heterocycles.